The van der Waals surface area contributed by atoms with E-state index in [4.69, 9.17) is 0 Å². The molecule has 130 valence electrons. The summed E-state index contributed by atoms with van der Waals surface area (Å²) in [6, 6.07) is 2.29. The van der Waals surface area contributed by atoms with Crippen LogP contribution >= 0.6 is 0 Å². The molecule has 0 bridgehead atoms. The Morgan fingerprint density at radius 2 is 1.88 bits per heavy atom. The van der Waals surface area contributed by atoms with Gasteiger partial charge < -0.3 is 14.7 Å². The molecular weight excluding hydrogens is 302 g/mol. The van der Waals surface area contributed by atoms with Crippen molar-refractivity contribution in [2.24, 2.45) is 5.41 Å². The number of anilines is 1. The Morgan fingerprint density at radius 1 is 1.12 bits per heavy atom. The van der Waals surface area contributed by atoms with Crippen molar-refractivity contribution >= 4 is 11.9 Å². The van der Waals surface area contributed by atoms with Gasteiger partial charge in [-0.1, -0.05) is 0 Å². The van der Waals surface area contributed by atoms with Gasteiger partial charge in [-0.3, -0.25) is 4.79 Å². The SMILES string of the molecule is CN1CC[C@@H](N2CC3(CCC2=O)CCN(c2ncccn2)CC3)C1. The third-order valence-electron chi connectivity index (χ3n) is 6.16. The van der Waals surface area contributed by atoms with Crippen molar-refractivity contribution in [3.63, 3.8) is 0 Å². The number of amides is 1. The first-order valence-electron chi connectivity index (χ1n) is 9.15. The van der Waals surface area contributed by atoms with Gasteiger partial charge in [-0.25, -0.2) is 9.97 Å². The third kappa shape index (κ3) is 2.99. The highest BCUT2D eigenvalue weighted by molar-refractivity contribution is 5.77. The van der Waals surface area contributed by atoms with E-state index in [9.17, 15) is 4.79 Å². The minimum atomic E-state index is 0.306. The summed E-state index contributed by atoms with van der Waals surface area (Å²) in [6.45, 7) is 5.09. The molecule has 0 radical (unpaired) electrons. The van der Waals surface area contributed by atoms with Crippen molar-refractivity contribution in [2.45, 2.75) is 38.1 Å². The Hall–Kier alpha value is -1.69. The van der Waals surface area contributed by atoms with Crippen LogP contribution in [0.4, 0.5) is 5.95 Å². The highest BCUT2D eigenvalue weighted by Gasteiger charge is 2.43. The summed E-state index contributed by atoms with van der Waals surface area (Å²) in [5.74, 6) is 1.21. The summed E-state index contributed by atoms with van der Waals surface area (Å²) in [6.07, 6.45) is 8.79. The second-order valence-electron chi connectivity index (χ2n) is 7.76. The molecule has 0 N–H and O–H groups in total. The van der Waals surface area contributed by atoms with Crippen LogP contribution in [0.25, 0.3) is 0 Å². The van der Waals surface area contributed by atoms with Gasteiger partial charge in [0.2, 0.25) is 11.9 Å². The average Bonchev–Trinajstić information content (AvgIpc) is 3.05. The summed E-state index contributed by atoms with van der Waals surface area (Å²) >= 11 is 0. The fourth-order valence-electron chi connectivity index (χ4n) is 4.59. The van der Waals surface area contributed by atoms with Gasteiger partial charge in [0.15, 0.2) is 0 Å². The summed E-state index contributed by atoms with van der Waals surface area (Å²) in [4.78, 5) is 28.1. The van der Waals surface area contributed by atoms with Crippen LogP contribution < -0.4 is 4.90 Å². The number of carbonyl (C=O) groups is 1. The fraction of sp³-hybridized carbons (Fsp3) is 0.722. The normalized spacial score (nSPS) is 27.9. The Kier molecular flexibility index (Phi) is 4.16. The van der Waals surface area contributed by atoms with Gasteiger partial charge in [-0.2, -0.15) is 0 Å². The zero-order valence-electron chi connectivity index (χ0n) is 14.5. The van der Waals surface area contributed by atoms with Crippen molar-refractivity contribution < 1.29 is 4.79 Å². The lowest BCUT2D eigenvalue weighted by atomic mass is 9.72. The van der Waals surface area contributed by atoms with Gasteiger partial charge in [0.25, 0.3) is 0 Å². The number of hydrogen-bond donors (Lipinski definition) is 0. The van der Waals surface area contributed by atoms with Gasteiger partial charge in [-0.05, 0) is 50.8 Å². The smallest absolute Gasteiger partial charge is 0.225 e. The maximum Gasteiger partial charge on any atom is 0.225 e. The molecule has 6 nitrogen and oxygen atoms in total. The first-order valence-corrected chi connectivity index (χ1v) is 9.15. The van der Waals surface area contributed by atoms with E-state index in [1.165, 1.54) is 0 Å². The first-order chi connectivity index (χ1) is 11.7. The Morgan fingerprint density at radius 3 is 2.54 bits per heavy atom. The molecule has 4 heterocycles. The summed E-state index contributed by atoms with van der Waals surface area (Å²) < 4.78 is 0. The molecule has 1 atom stereocenters. The van der Waals surface area contributed by atoms with E-state index in [1.807, 2.05) is 18.5 Å². The van der Waals surface area contributed by atoms with Crippen LogP contribution in [-0.2, 0) is 4.79 Å². The Labute approximate surface area is 143 Å². The second-order valence-corrected chi connectivity index (χ2v) is 7.76. The monoisotopic (exact) mass is 329 g/mol. The molecular formula is C18H27N5O. The molecule has 4 rings (SSSR count). The van der Waals surface area contributed by atoms with E-state index in [2.05, 4.69) is 31.7 Å². The quantitative estimate of drug-likeness (QED) is 0.821. The van der Waals surface area contributed by atoms with Crippen molar-refractivity contribution in [3.8, 4) is 0 Å². The van der Waals surface area contributed by atoms with Crippen LogP contribution in [0.2, 0.25) is 0 Å². The molecule has 3 fully saturated rings. The molecule has 0 unspecified atom stereocenters. The van der Waals surface area contributed by atoms with Crippen LogP contribution in [0.15, 0.2) is 18.5 Å². The number of aromatic nitrogens is 2. The molecule has 3 aliphatic heterocycles. The van der Waals surface area contributed by atoms with Gasteiger partial charge in [0.1, 0.15) is 0 Å². The van der Waals surface area contributed by atoms with Crippen LogP contribution in [0.5, 0.6) is 0 Å². The highest BCUT2D eigenvalue weighted by Crippen LogP contribution is 2.41. The highest BCUT2D eigenvalue weighted by atomic mass is 16.2. The van der Waals surface area contributed by atoms with Crippen molar-refractivity contribution in [1.82, 2.24) is 19.8 Å². The Balaban J connectivity index is 1.42. The van der Waals surface area contributed by atoms with Gasteiger partial charge >= 0.3 is 0 Å². The van der Waals surface area contributed by atoms with Crippen LogP contribution in [-0.4, -0.2) is 71.5 Å². The van der Waals surface area contributed by atoms with Gasteiger partial charge in [0, 0.05) is 51.0 Å². The number of rotatable bonds is 2. The molecule has 1 aromatic rings. The van der Waals surface area contributed by atoms with Crippen LogP contribution in [0, 0.1) is 5.41 Å². The average molecular weight is 329 g/mol. The number of nitrogens with zero attached hydrogens (tertiary/aromatic N) is 5. The lowest BCUT2D eigenvalue weighted by Gasteiger charge is -2.49. The number of carbonyl (C=O) groups excluding carboxylic acids is 1. The zero-order chi connectivity index (χ0) is 16.6. The molecule has 0 aliphatic carbocycles. The van der Waals surface area contributed by atoms with Crippen molar-refractivity contribution in [3.05, 3.63) is 18.5 Å². The van der Waals surface area contributed by atoms with E-state index in [0.717, 1.165) is 70.8 Å². The fourth-order valence-corrected chi connectivity index (χ4v) is 4.59. The second kappa shape index (κ2) is 6.31. The molecule has 0 saturated carbocycles. The zero-order valence-corrected chi connectivity index (χ0v) is 14.5. The van der Waals surface area contributed by atoms with Crippen LogP contribution in [0.1, 0.15) is 32.1 Å². The molecule has 1 amide bonds. The topological polar surface area (TPSA) is 52.6 Å². The predicted molar refractivity (Wildman–Crippen MR) is 92.8 cm³/mol. The van der Waals surface area contributed by atoms with Gasteiger partial charge in [-0.15, -0.1) is 0 Å². The maximum absolute atomic E-state index is 12.5. The molecule has 0 aromatic carbocycles. The standard InChI is InChI=1S/C18H27N5O/c1-21-10-4-15(13-21)23-14-18(5-3-16(23)24)6-11-22(12-7-18)17-19-8-2-9-20-17/h2,8-9,15H,3-7,10-14H2,1H3/t15-/m1/s1. The first kappa shape index (κ1) is 15.8. The number of likely N-dealkylation sites (tertiary alicyclic amines) is 2. The minimum Gasteiger partial charge on any atom is -0.341 e. The number of piperidine rings is 2. The van der Waals surface area contributed by atoms with E-state index in [-0.39, 0.29) is 0 Å². The molecule has 1 aromatic heterocycles. The maximum atomic E-state index is 12.5. The largest absolute Gasteiger partial charge is 0.341 e. The molecule has 6 heteroatoms. The summed E-state index contributed by atoms with van der Waals surface area (Å²) in [5, 5.41) is 0. The Bertz CT molecular complexity index is 584. The summed E-state index contributed by atoms with van der Waals surface area (Å²) in [7, 11) is 2.16. The molecule has 3 saturated heterocycles. The van der Waals surface area contributed by atoms with E-state index in [0.29, 0.717) is 17.4 Å². The molecule has 24 heavy (non-hydrogen) atoms. The third-order valence-corrected chi connectivity index (χ3v) is 6.16. The van der Waals surface area contributed by atoms with Crippen molar-refractivity contribution in [2.75, 3.05) is 44.7 Å². The number of likely N-dealkylation sites (N-methyl/N-ethyl adjacent to an activating group) is 1. The van der Waals surface area contributed by atoms with E-state index in [1.54, 1.807) is 0 Å². The number of hydrogen-bond acceptors (Lipinski definition) is 5. The molecule has 3 aliphatic rings. The lowest BCUT2D eigenvalue weighted by Crippen LogP contribution is -2.55. The summed E-state index contributed by atoms with van der Waals surface area (Å²) in [5.41, 5.74) is 0.306. The van der Waals surface area contributed by atoms with Crippen molar-refractivity contribution in [1.29, 1.82) is 0 Å². The van der Waals surface area contributed by atoms with Crippen LogP contribution in [0.3, 0.4) is 0 Å². The minimum absolute atomic E-state index is 0.306. The molecule has 1 spiro atoms. The predicted octanol–water partition coefficient (Wildman–Crippen LogP) is 1.39. The van der Waals surface area contributed by atoms with E-state index >= 15 is 0 Å². The van der Waals surface area contributed by atoms with Gasteiger partial charge in [0.05, 0.1) is 0 Å². The van der Waals surface area contributed by atoms with E-state index < -0.39 is 0 Å². The lowest BCUT2D eigenvalue weighted by molar-refractivity contribution is -0.141.